The van der Waals surface area contributed by atoms with Crippen LogP contribution in [0, 0.1) is 5.92 Å². The van der Waals surface area contributed by atoms with E-state index in [1.165, 1.54) is 12.8 Å². The van der Waals surface area contributed by atoms with Crippen molar-refractivity contribution in [2.24, 2.45) is 10.9 Å². The van der Waals surface area contributed by atoms with Gasteiger partial charge in [0.2, 0.25) is 0 Å². The molecule has 2 aliphatic rings. The monoisotopic (exact) mass is 267 g/mol. The molecular weight excluding hydrogens is 242 g/mol. The van der Waals surface area contributed by atoms with Gasteiger partial charge in [-0.05, 0) is 25.2 Å². The van der Waals surface area contributed by atoms with Crippen molar-refractivity contribution in [2.75, 3.05) is 20.3 Å². The lowest BCUT2D eigenvalue weighted by molar-refractivity contribution is -0.124. The van der Waals surface area contributed by atoms with Crippen LogP contribution in [0.3, 0.4) is 0 Å². The summed E-state index contributed by atoms with van der Waals surface area (Å²) in [7, 11) is 1.65. The van der Waals surface area contributed by atoms with E-state index in [0.717, 1.165) is 31.6 Å². The predicted molar refractivity (Wildman–Crippen MR) is 75.1 cm³/mol. The summed E-state index contributed by atoms with van der Waals surface area (Å²) in [4.78, 5) is 16.6. The summed E-state index contributed by atoms with van der Waals surface area (Å²) in [5.41, 5.74) is -0.407. The highest BCUT2D eigenvalue weighted by Gasteiger charge is 2.45. The molecule has 0 radical (unpaired) electrons. The Bertz CT molecular complexity index is 357. The van der Waals surface area contributed by atoms with E-state index < -0.39 is 5.54 Å². The first-order chi connectivity index (χ1) is 9.20. The van der Waals surface area contributed by atoms with Crippen LogP contribution in [-0.2, 0) is 9.53 Å². The third kappa shape index (κ3) is 3.26. The zero-order valence-corrected chi connectivity index (χ0v) is 12.0. The molecule has 0 aromatic heterocycles. The van der Waals surface area contributed by atoms with Gasteiger partial charge in [-0.15, -0.1) is 0 Å². The Morgan fingerprint density at radius 3 is 3.00 bits per heavy atom. The maximum atomic E-state index is 12.3. The van der Waals surface area contributed by atoms with E-state index >= 15 is 0 Å². The van der Waals surface area contributed by atoms with E-state index in [9.17, 15) is 4.79 Å². The molecular formula is C14H25N3O2. The predicted octanol–water partition coefficient (Wildman–Crippen LogP) is 1.44. The van der Waals surface area contributed by atoms with Gasteiger partial charge in [-0.3, -0.25) is 15.1 Å². The summed E-state index contributed by atoms with van der Waals surface area (Å²) in [6.07, 6.45) is 6.53. The molecule has 2 atom stereocenters. The molecule has 0 aromatic carbocycles. The summed E-state index contributed by atoms with van der Waals surface area (Å²) >= 11 is 0. The number of hydrogen-bond donors (Lipinski definition) is 2. The molecule has 1 aliphatic heterocycles. The lowest BCUT2D eigenvalue weighted by Crippen LogP contribution is -2.46. The number of nitrogens with one attached hydrogen (secondary N) is 2. The van der Waals surface area contributed by atoms with E-state index in [1.54, 1.807) is 7.11 Å². The normalized spacial score (nSPS) is 33.3. The Kier molecular flexibility index (Phi) is 4.80. The zero-order chi connectivity index (χ0) is 13.7. The summed E-state index contributed by atoms with van der Waals surface area (Å²) in [5, 5.41) is 6.21. The van der Waals surface area contributed by atoms with E-state index in [1.807, 2.05) is 0 Å². The fraction of sp³-hybridized carbons (Fsp3) is 0.857. The molecule has 19 heavy (non-hydrogen) atoms. The van der Waals surface area contributed by atoms with E-state index in [2.05, 4.69) is 22.5 Å². The van der Waals surface area contributed by atoms with Crippen molar-refractivity contribution in [2.45, 2.75) is 51.0 Å². The molecule has 1 saturated carbocycles. The van der Waals surface area contributed by atoms with Gasteiger partial charge in [0.15, 0.2) is 5.96 Å². The van der Waals surface area contributed by atoms with Crippen molar-refractivity contribution in [1.29, 1.82) is 0 Å². The van der Waals surface area contributed by atoms with Gasteiger partial charge in [0.05, 0.1) is 13.2 Å². The van der Waals surface area contributed by atoms with Gasteiger partial charge in [-0.1, -0.05) is 26.2 Å². The van der Waals surface area contributed by atoms with E-state index in [-0.39, 0.29) is 5.91 Å². The van der Waals surface area contributed by atoms with Crippen molar-refractivity contribution < 1.29 is 9.53 Å². The third-order valence-corrected chi connectivity index (χ3v) is 4.36. The molecule has 0 aromatic rings. The number of nitrogens with zero attached hydrogens (tertiary/aromatic N) is 1. The van der Waals surface area contributed by atoms with Crippen molar-refractivity contribution in [3.63, 3.8) is 0 Å². The Hall–Kier alpha value is -1.10. The maximum absolute atomic E-state index is 12.3. The average Bonchev–Trinajstić information content (AvgIpc) is 2.59. The second kappa shape index (κ2) is 6.37. The van der Waals surface area contributed by atoms with Gasteiger partial charge < -0.3 is 10.1 Å². The highest BCUT2D eigenvalue weighted by atomic mass is 16.5. The minimum atomic E-state index is -0.407. The molecule has 1 saturated heterocycles. The number of carbonyl (C=O) groups excluding carboxylic acids is 1. The van der Waals surface area contributed by atoms with Gasteiger partial charge in [0.1, 0.15) is 5.54 Å². The third-order valence-electron chi connectivity index (χ3n) is 4.36. The van der Waals surface area contributed by atoms with Crippen LogP contribution in [0.1, 0.15) is 45.4 Å². The summed E-state index contributed by atoms with van der Waals surface area (Å²) in [5.74, 6) is 1.49. The van der Waals surface area contributed by atoms with Crippen LogP contribution in [0.4, 0.5) is 0 Å². The quantitative estimate of drug-likeness (QED) is 0.758. The minimum absolute atomic E-state index is 0.0976. The molecule has 1 heterocycles. The second-order valence-corrected chi connectivity index (χ2v) is 5.59. The molecule has 1 aliphatic carbocycles. The van der Waals surface area contributed by atoms with Crippen molar-refractivity contribution in [1.82, 2.24) is 10.6 Å². The summed E-state index contributed by atoms with van der Waals surface area (Å²) in [6, 6.07) is 0. The van der Waals surface area contributed by atoms with Gasteiger partial charge in [-0.2, -0.15) is 0 Å². The van der Waals surface area contributed by atoms with Crippen LogP contribution in [0.2, 0.25) is 0 Å². The molecule has 5 heteroatoms. The van der Waals surface area contributed by atoms with Gasteiger partial charge in [0, 0.05) is 7.11 Å². The first-order valence-electron chi connectivity index (χ1n) is 7.33. The van der Waals surface area contributed by atoms with Crippen LogP contribution >= 0.6 is 0 Å². The minimum Gasteiger partial charge on any atom is -0.383 e. The number of aliphatic imine (C=N–C) groups is 1. The molecule has 1 spiro atoms. The molecule has 2 fully saturated rings. The first-order valence-corrected chi connectivity index (χ1v) is 7.33. The lowest BCUT2D eigenvalue weighted by Gasteiger charge is -2.24. The van der Waals surface area contributed by atoms with Gasteiger partial charge in [-0.25, -0.2) is 0 Å². The molecule has 0 bridgehead atoms. The highest BCUT2D eigenvalue weighted by Crippen LogP contribution is 2.33. The lowest BCUT2D eigenvalue weighted by atomic mass is 9.89. The number of rotatable bonds is 4. The standard InChI is InChI=1S/C14H25N3O2/c1-3-11-5-4-7-14(8-6-11)12(18)16-13(17-14)15-9-10-19-2/h11H,3-10H2,1-2H3,(H2,15,16,17,18). The van der Waals surface area contributed by atoms with Crippen LogP contribution in [0.5, 0.6) is 0 Å². The van der Waals surface area contributed by atoms with E-state index in [0.29, 0.717) is 19.1 Å². The SMILES string of the molecule is CCC1CCCC2(CC1)NC(=NCCOC)NC2=O. The fourth-order valence-electron chi connectivity index (χ4n) is 3.04. The Labute approximate surface area is 115 Å². The number of methoxy groups -OCH3 is 1. The summed E-state index contributed by atoms with van der Waals surface area (Å²) in [6.45, 7) is 3.39. The molecule has 1 amide bonds. The molecule has 2 rings (SSSR count). The van der Waals surface area contributed by atoms with Crippen LogP contribution in [0.25, 0.3) is 0 Å². The number of carbonyl (C=O) groups is 1. The Morgan fingerprint density at radius 1 is 1.42 bits per heavy atom. The maximum Gasteiger partial charge on any atom is 0.252 e. The van der Waals surface area contributed by atoms with Crippen LogP contribution in [0.15, 0.2) is 4.99 Å². The average molecular weight is 267 g/mol. The van der Waals surface area contributed by atoms with Gasteiger partial charge >= 0.3 is 0 Å². The molecule has 5 nitrogen and oxygen atoms in total. The van der Waals surface area contributed by atoms with Crippen molar-refractivity contribution in [3.05, 3.63) is 0 Å². The smallest absolute Gasteiger partial charge is 0.252 e. The summed E-state index contributed by atoms with van der Waals surface area (Å²) < 4.78 is 4.97. The largest absolute Gasteiger partial charge is 0.383 e. The van der Waals surface area contributed by atoms with Crippen molar-refractivity contribution >= 4 is 11.9 Å². The number of hydrogen-bond acceptors (Lipinski definition) is 3. The molecule has 108 valence electrons. The Balaban J connectivity index is 1.99. The molecule has 2 N–H and O–H groups in total. The van der Waals surface area contributed by atoms with Crippen LogP contribution in [-0.4, -0.2) is 37.7 Å². The van der Waals surface area contributed by atoms with Crippen LogP contribution < -0.4 is 10.6 Å². The van der Waals surface area contributed by atoms with Crippen molar-refractivity contribution in [3.8, 4) is 0 Å². The fourth-order valence-corrected chi connectivity index (χ4v) is 3.04. The zero-order valence-electron chi connectivity index (χ0n) is 12.0. The number of amides is 1. The second-order valence-electron chi connectivity index (χ2n) is 5.59. The Morgan fingerprint density at radius 2 is 2.26 bits per heavy atom. The molecule has 2 unspecified atom stereocenters. The first kappa shape index (κ1) is 14.3. The van der Waals surface area contributed by atoms with E-state index in [4.69, 9.17) is 4.74 Å². The number of guanidine groups is 1. The topological polar surface area (TPSA) is 62.7 Å². The highest BCUT2D eigenvalue weighted by molar-refractivity contribution is 6.09. The number of ether oxygens (including phenoxy) is 1. The van der Waals surface area contributed by atoms with Gasteiger partial charge in [0.25, 0.3) is 5.91 Å².